The molecular weight excluding hydrogens is 268 g/mol. The number of aromatic nitrogens is 1. The summed E-state index contributed by atoms with van der Waals surface area (Å²) in [7, 11) is 4.90. The number of hydrogen-bond acceptors (Lipinski definition) is 5. The van der Waals surface area contributed by atoms with Crippen LogP contribution < -0.4 is 19.5 Å². The molecular formula is C16H20N2O3. The molecule has 21 heavy (non-hydrogen) atoms. The topological polar surface area (TPSA) is 52.6 Å². The van der Waals surface area contributed by atoms with Gasteiger partial charge in [-0.05, 0) is 12.1 Å². The molecule has 0 bridgehead atoms. The van der Waals surface area contributed by atoms with Crippen LogP contribution in [0.1, 0.15) is 11.1 Å². The zero-order valence-electron chi connectivity index (χ0n) is 12.6. The summed E-state index contributed by atoms with van der Waals surface area (Å²) in [4.78, 5) is 4.18. The van der Waals surface area contributed by atoms with Crippen LogP contribution >= 0.6 is 0 Å². The van der Waals surface area contributed by atoms with Gasteiger partial charge >= 0.3 is 0 Å². The Balaban J connectivity index is 2.04. The van der Waals surface area contributed by atoms with E-state index in [2.05, 4.69) is 10.3 Å². The van der Waals surface area contributed by atoms with Gasteiger partial charge in [-0.3, -0.25) is 0 Å². The summed E-state index contributed by atoms with van der Waals surface area (Å²) in [5.41, 5.74) is 2.06. The van der Waals surface area contributed by atoms with E-state index in [1.54, 1.807) is 27.5 Å². The van der Waals surface area contributed by atoms with Crippen molar-refractivity contribution in [3.63, 3.8) is 0 Å². The Morgan fingerprint density at radius 2 is 1.67 bits per heavy atom. The maximum Gasteiger partial charge on any atom is 0.217 e. The van der Waals surface area contributed by atoms with Crippen LogP contribution in [-0.2, 0) is 13.1 Å². The average Bonchev–Trinajstić information content (AvgIpc) is 2.54. The monoisotopic (exact) mass is 288 g/mol. The summed E-state index contributed by atoms with van der Waals surface area (Å²) >= 11 is 0. The zero-order chi connectivity index (χ0) is 15.1. The van der Waals surface area contributed by atoms with Crippen LogP contribution in [-0.4, -0.2) is 26.3 Å². The van der Waals surface area contributed by atoms with Crippen LogP contribution in [0.5, 0.6) is 17.4 Å². The largest absolute Gasteiger partial charge is 0.493 e. The molecule has 0 aliphatic rings. The molecule has 0 atom stereocenters. The SMILES string of the molecule is COc1cccc(CNCc2cccnc2OC)c1OC. The molecule has 0 aliphatic carbocycles. The standard InChI is InChI=1S/C16H20N2O3/c1-19-14-8-4-6-12(15(14)20-2)10-17-11-13-7-5-9-18-16(13)21-3/h4-9,17H,10-11H2,1-3H3. The van der Waals surface area contributed by atoms with Gasteiger partial charge in [0.25, 0.3) is 0 Å². The summed E-state index contributed by atoms with van der Waals surface area (Å²) < 4.78 is 15.9. The van der Waals surface area contributed by atoms with Crippen LogP contribution in [0, 0.1) is 0 Å². The van der Waals surface area contributed by atoms with Crippen LogP contribution in [0.3, 0.4) is 0 Å². The second kappa shape index (κ2) is 7.50. The minimum atomic E-state index is 0.641. The Labute approximate surface area is 124 Å². The van der Waals surface area contributed by atoms with E-state index in [0.29, 0.717) is 19.0 Å². The van der Waals surface area contributed by atoms with E-state index in [-0.39, 0.29) is 0 Å². The first-order valence-electron chi connectivity index (χ1n) is 6.68. The third kappa shape index (κ3) is 3.64. The number of nitrogens with one attached hydrogen (secondary N) is 1. The van der Waals surface area contributed by atoms with Gasteiger partial charge in [-0.1, -0.05) is 18.2 Å². The minimum Gasteiger partial charge on any atom is -0.493 e. The lowest BCUT2D eigenvalue weighted by atomic mass is 10.1. The normalized spacial score (nSPS) is 10.2. The van der Waals surface area contributed by atoms with Crippen LogP contribution in [0.4, 0.5) is 0 Å². The average molecular weight is 288 g/mol. The Kier molecular flexibility index (Phi) is 5.40. The lowest BCUT2D eigenvalue weighted by Crippen LogP contribution is -2.14. The molecule has 0 aliphatic heterocycles. The van der Waals surface area contributed by atoms with Gasteiger partial charge in [-0.15, -0.1) is 0 Å². The highest BCUT2D eigenvalue weighted by Gasteiger charge is 2.09. The zero-order valence-corrected chi connectivity index (χ0v) is 12.6. The second-order valence-corrected chi connectivity index (χ2v) is 4.43. The van der Waals surface area contributed by atoms with Gasteiger partial charge in [-0.25, -0.2) is 4.98 Å². The van der Waals surface area contributed by atoms with Crippen molar-refractivity contribution in [1.82, 2.24) is 10.3 Å². The molecule has 0 radical (unpaired) electrons. The molecule has 1 N–H and O–H groups in total. The van der Waals surface area contributed by atoms with Gasteiger partial charge in [-0.2, -0.15) is 0 Å². The third-order valence-corrected chi connectivity index (χ3v) is 3.16. The number of rotatable bonds is 7. The summed E-state index contributed by atoms with van der Waals surface area (Å²) in [6, 6.07) is 9.72. The summed E-state index contributed by atoms with van der Waals surface area (Å²) in [6.45, 7) is 1.33. The molecule has 112 valence electrons. The fourth-order valence-electron chi connectivity index (χ4n) is 2.17. The first-order chi connectivity index (χ1) is 10.3. The Hall–Kier alpha value is -2.27. The smallest absolute Gasteiger partial charge is 0.217 e. The predicted octanol–water partition coefficient (Wildman–Crippen LogP) is 2.40. The molecule has 1 aromatic carbocycles. The lowest BCUT2D eigenvalue weighted by Gasteiger charge is -2.13. The molecule has 1 heterocycles. The first-order valence-corrected chi connectivity index (χ1v) is 6.68. The van der Waals surface area contributed by atoms with Gasteiger partial charge in [0, 0.05) is 30.4 Å². The van der Waals surface area contributed by atoms with Gasteiger partial charge in [0.05, 0.1) is 21.3 Å². The number of benzene rings is 1. The van der Waals surface area contributed by atoms with Crippen molar-refractivity contribution in [2.75, 3.05) is 21.3 Å². The van der Waals surface area contributed by atoms with E-state index >= 15 is 0 Å². The number of ether oxygens (including phenoxy) is 3. The number of methoxy groups -OCH3 is 3. The maximum atomic E-state index is 5.41. The van der Waals surface area contributed by atoms with Crippen molar-refractivity contribution in [1.29, 1.82) is 0 Å². The van der Waals surface area contributed by atoms with Gasteiger partial charge in [0.15, 0.2) is 11.5 Å². The maximum absolute atomic E-state index is 5.41. The van der Waals surface area contributed by atoms with E-state index in [0.717, 1.165) is 22.6 Å². The molecule has 0 saturated carbocycles. The quantitative estimate of drug-likeness (QED) is 0.848. The molecule has 5 heteroatoms. The molecule has 0 unspecified atom stereocenters. The van der Waals surface area contributed by atoms with Gasteiger partial charge in [0.1, 0.15) is 0 Å². The Morgan fingerprint density at radius 1 is 0.905 bits per heavy atom. The molecule has 2 rings (SSSR count). The molecule has 1 aromatic heterocycles. The summed E-state index contributed by atoms with van der Waals surface area (Å²) in [5, 5.41) is 3.36. The highest BCUT2D eigenvalue weighted by atomic mass is 16.5. The van der Waals surface area contributed by atoms with Crippen LogP contribution in [0.15, 0.2) is 36.5 Å². The van der Waals surface area contributed by atoms with Crippen molar-refractivity contribution in [3.8, 4) is 17.4 Å². The van der Waals surface area contributed by atoms with E-state index in [4.69, 9.17) is 14.2 Å². The molecule has 0 amide bonds. The van der Waals surface area contributed by atoms with Crippen molar-refractivity contribution in [3.05, 3.63) is 47.7 Å². The van der Waals surface area contributed by atoms with E-state index in [1.807, 2.05) is 30.3 Å². The Bertz CT molecular complexity index is 587. The fourth-order valence-corrected chi connectivity index (χ4v) is 2.17. The molecule has 2 aromatic rings. The number of para-hydroxylation sites is 1. The predicted molar refractivity (Wildman–Crippen MR) is 80.9 cm³/mol. The van der Waals surface area contributed by atoms with Crippen molar-refractivity contribution >= 4 is 0 Å². The lowest BCUT2D eigenvalue weighted by molar-refractivity contribution is 0.350. The first kappa shape index (κ1) is 15.1. The number of nitrogens with zero attached hydrogens (tertiary/aromatic N) is 1. The minimum absolute atomic E-state index is 0.641. The van der Waals surface area contributed by atoms with Gasteiger partial charge < -0.3 is 19.5 Å². The van der Waals surface area contributed by atoms with Crippen molar-refractivity contribution < 1.29 is 14.2 Å². The van der Waals surface area contributed by atoms with Crippen LogP contribution in [0.25, 0.3) is 0 Å². The molecule has 0 saturated heterocycles. The van der Waals surface area contributed by atoms with Crippen molar-refractivity contribution in [2.24, 2.45) is 0 Å². The highest BCUT2D eigenvalue weighted by molar-refractivity contribution is 5.46. The van der Waals surface area contributed by atoms with E-state index < -0.39 is 0 Å². The molecule has 0 spiro atoms. The van der Waals surface area contributed by atoms with Gasteiger partial charge in [0.2, 0.25) is 5.88 Å². The summed E-state index contributed by atoms with van der Waals surface area (Å²) in [5.74, 6) is 2.13. The third-order valence-electron chi connectivity index (χ3n) is 3.16. The molecule has 5 nitrogen and oxygen atoms in total. The summed E-state index contributed by atoms with van der Waals surface area (Å²) in [6.07, 6.45) is 1.72. The van der Waals surface area contributed by atoms with Crippen molar-refractivity contribution in [2.45, 2.75) is 13.1 Å². The van der Waals surface area contributed by atoms with E-state index in [9.17, 15) is 0 Å². The van der Waals surface area contributed by atoms with Crippen LogP contribution in [0.2, 0.25) is 0 Å². The number of hydrogen-bond donors (Lipinski definition) is 1. The Morgan fingerprint density at radius 3 is 2.38 bits per heavy atom. The van der Waals surface area contributed by atoms with E-state index in [1.165, 1.54) is 0 Å². The second-order valence-electron chi connectivity index (χ2n) is 4.43. The number of pyridine rings is 1. The highest BCUT2D eigenvalue weighted by Crippen LogP contribution is 2.30. The fraction of sp³-hybridized carbons (Fsp3) is 0.312. The molecule has 0 fully saturated rings.